The Bertz CT molecular complexity index is 577. The molecular formula is C13H15N3OS2. The third-order valence-corrected chi connectivity index (χ3v) is 4.94. The van der Waals surface area contributed by atoms with Gasteiger partial charge in [0, 0.05) is 29.8 Å². The van der Waals surface area contributed by atoms with Crippen LogP contribution in [0.5, 0.6) is 0 Å². The average Bonchev–Trinajstić information content (AvgIpc) is 3.06. The molecule has 0 saturated heterocycles. The van der Waals surface area contributed by atoms with Crippen LogP contribution >= 0.6 is 22.7 Å². The fourth-order valence-corrected chi connectivity index (χ4v) is 3.82. The number of thiophene rings is 1. The van der Waals surface area contributed by atoms with Gasteiger partial charge in [-0.05, 0) is 18.0 Å². The van der Waals surface area contributed by atoms with Crippen molar-refractivity contribution < 1.29 is 4.79 Å². The third-order valence-electron chi connectivity index (χ3n) is 3.26. The Labute approximate surface area is 120 Å². The summed E-state index contributed by atoms with van der Waals surface area (Å²) in [6.45, 7) is 5.25. The molecule has 19 heavy (non-hydrogen) atoms. The van der Waals surface area contributed by atoms with E-state index in [2.05, 4.69) is 22.1 Å². The van der Waals surface area contributed by atoms with Gasteiger partial charge >= 0.3 is 0 Å². The van der Waals surface area contributed by atoms with E-state index in [4.69, 9.17) is 0 Å². The van der Waals surface area contributed by atoms with Gasteiger partial charge < -0.3 is 0 Å². The molecule has 0 radical (unpaired) electrons. The first-order valence-electron chi connectivity index (χ1n) is 6.30. The molecule has 1 aliphatic heterocycles. The van der Waals surface area contributed by atoms with Crippen molar-refractivity contribution in [3.63, 3.8) is 0 Å². The molecule has 0 bridgehead atoms. The standard InChI is InChI=1S/C13H15N3OS2/c1-2-16-5-3-10-11(7-16)19-13(14-10)15-12(17)9-4-6-18-8-9/h4,6,8H,2-3,5,7H2,1H3,(H,14,15,17). The zero-order valence-electron chi connectivity index (χ0n) is 10.7. The molecule has 1 aliphatic rings. The molecule has 0 aromatic carbocycles. The number of carbonyl (C=O) groups excluding carboxylic acids is 1. The minimum absolute atomic E-state index is 0.0697. The molecule has 0 aliphatic carbocycles. The molecule has 0 unspecified atom stereocenters. The lowest BCUT2D eigenvalue weighted by Crippen LogP contribution is -2.29. The topological polar surface area (TPSA) is 45.2 Å². The van der Waals surface area contributed by atoms with E-state index in [0.717, 1.165) is 36.9 Å². The van der Waals surface area contributed by atoms with Crippen LogP contribution in [-0.2, 0) is 13.0 Å². The van der Waals surface area contributed by atoms with Crippen LogP contribution in [0.25, 0.3) is 0 Å². The van der Waals surface area contributed by atoms with Crippen LogP contribution in [0.3, 0.4) is 0 Å². The molecule has 0 saturated carbocycles. The normalized spacial score (nSPS) is 15.2. The lowest BCUT2D eigenvalue weighted by Gasteiger charge is -2.23. The number of nitrogens with zero attached hydrogens (tertiary/aromatic N) is 2. The third kappa shape index (κ3) is 2.70. The van der Waals surface area contributed by atoms with Gasteiger partial charge in [-0.15, -0.1) is 11.3 Å². The van der Waals surface area contributed by atoms with Crippen LogP contribution < -0.4 is 5.32 Å². The minimum Gasteiger partial charge on any atom is -0.298 e. The minimum atomic E-state index is -0.0697. The summed E-state index contributed by atoms with van der Waals surface area (Å²) in [5.41, 5.74) is 1.85. The van der Waals surface area contributed by atoms with E-state index in [1.54, 1.807) is 11.3 Å². The zero-order chi connectivity index (χ0) is 13.2. The van der Waals surface area contributed by atoms with Crippen molar-refractivity contribution in [2.24, 2.45) is 0 Å². The van der Waals surface area contributed by atoms with Gasteiger partial charge in [-0.25, -0.2) is 4.98 Å². The van der Waals surface area contributed by atoms with Gasteiger partial charge in [-0.1, -0.05) is 6.92 Å². The highest BCUT2D eigenvalue weighted by molar-refractivity contribution is 7.16. The summed E-state index contributed by atoms with van der Waals surface area (Å²) in [5, 5.41) is 7.36. The number of nitrogens with one attached hydrogen (secondary N) is 1. The summed E-state index contributed by atoms with van der Waals surface area (Å²) in [6, 6.07) is 1.83. The van der Waals surface area contributed by atoms with Crippen molar-refractivity contribution in [1.82, 2.24) is 9.88 Å². The number of thiazole rings is 1. The number of anilines is 1. The Balaban J connectivity index is 1.73. The van der Waals surface area contributed by atoms with E-state index in [1.165, 1.54) is 16.2 Å². The largest absolute Gasteiger partial charge is 0.298 e. The van der Waals surface area contributed by atoms with Crippen molar-refractivity contribution in [2.45, 2.75) is 19.9 Å². The zero-order valence-corrected chi connectivity index (χ0v) is 12.3. The fourth-order valence-electron chi connectivity index (χ4n) is 2.13. The van der Waals surface area contributed by atoms with Gasteiger partial charge in [0.2, 0.25) is 0 Å². The molecule has 0 spiro atoms. The van der Waals surface area contributed by atoms with E-state index < -0.39 is 0 Å². The Morgan fingerprint density at radius 3 is 3.21 bits per heavy atom. The SMILES string of the molecule is CCN1CCc2nc(NC(=O)c3ccsc3)sc2C1. The van der Waals surface area contributed by atoms with Gasteiger partial charge in [-0.3, -0.25) is 15.0 Å². The second-order valence-corrected chi connectivity index (χ2v) is 6.34. The highest BCUT2D eigenvalue weighted by Gasteiger charge is 2.20. The Morgan fingerprint density at radius 2 is 2.47 bits per heavy atom. The first-order valence-corrected chi connectivity index (χ1v) is 8.06. The van der Waals surface area contributed by atoms with Gasteiger partial charge in [0.1, 0.15) is 0 Å². The van der Waals surface area contributed by atoms with Crippen molar-refractivity contribution in [1.29, 1.82) is 0 Å². The molecule has 1 amide bonds. The van der Waals surface area contributed by atoms with Crippen molar-refractivity contribution >= 4 is 33.7 Å². The van der Waals surface area contributed by atoms with Gasteiger partial charge in [0.25, 0.3) is 5.91 Å². The summed E-state index contributed by atoms with van der Waals surface area (Å²) in [5.74, 6) is -0.0697. The van der Waals surface area contributed by atoms with Crippen LogP contribution in [0.15, 0.2) is 16.8 Å². The Hall–Kier alpha value is -1.24. The number of rotatable bonds is 3. The quantitative estimate of drug-likeness (QED) is 0.946. The molecule has 0 fully saturated rings. The molecule has 1 N–H and O–H groups in total. The predicted octanol–water partition coefficient (Wildman–Crippen LogP) is 2.83. The van der Waals surface area contributed by atoms with E-state index in [-0.39, 0.29) is 5.91 Å². The maximum atomic E-state index is 12.0. The Morgan fingerprint density at radius 1 is 1.58 bits per heavy atom. The van der Waals surface area contributed by atoms with Crippen molar-refractivity contribution in [3.05, 3.63) is 33.0 Å². The van der Waals surface area contributed by atoms with Gasteiger partial charge in [-0.2, -0.15) is 11.3 Å². The summed E-state index contributed by atoms with van der Waals surface area (Å²) in [4.78, 5) is 20.2. The first kappa shape index (κ1) is 12.8. The monoisotopic (exact) mass is 293 g/mol. The average molecular weight is 293 g/mol. The second-order valence-electron chi connectivity index (χ2n) is 4.47. The van der Waals surface area contributed by atoms with Crippen LogP contribution in [0.4, 0.5) is 5.13 Å². The fraction of sp³-hybridized carbons (Fsp3) is 0.385. The highest BCUT2D eigenvalue weighted by Crippen LogP contribution is 2.28. The number of likely N-dealkylation sites (N-methyl/N-ethyl adjacent to an activating group) is 1. The number of carbonyl (C=O) groups is 1. The number of hydrogen-bond acceptors (Lipinski definition) is 5. The lowest BCUT2D eigenvalue weighted by molar-refractivity contribution is 0.102. The number of aromatic nitrogens is 1. The molecular weight excluding hydrogens is 278 g/mol. The van der Waals surface area contributed by atoms with Crippen LogP contribution in [0, 0.1) is 0 Å². The molecule has 2 aromatic rings. The maximum Gasteiger partial charge on any atom is 0.258 e. The summed E-state index contributed by atoms with van der Waals surface area (Å²) >= 11 is 3.12. The summed E-state index contributed by atoms with van der Waals surface area (Å²) in [7, 11) is 0. The van der Waals surface area contributed by atoms with Crippen LogP contribution in [0.1, 0.15) is 27.9 Å². The lowest BCUT2D eigenvalue weighted by atomic mass is 10.2. The highest BCUT2D eigenvalue weighted by atomic mass is 32.1. The van der Waals surface area contributed by atoms with E-state index in [9.17, 15) is 4.79 Å². The van der Waals surface area contributed by atoms with Crippen molar-refractivity contribution in [3.8, 4) is 0 Å². The number of fused-ring (bicyclic) bond motifs is 1. The summed E-state index contributed by atoms with van der Waals surface area (Å²) in [6.07, 6.45) is 0.980. The molecule has 3 heterocycles. The predicted molar refractivity (Wildman–Crippen MR) is 79.0 cm³/mol. The molecule has 6 heteroatoms. The molecule has 0 atom stereocenters. The first-order chi connectivity index (χ1) is 9.26. The molecule has 4 nitrogen and oxygen atoms in total. The second kappa shape index (κ2) is 5.40. The van der Waals surface area contributed by atoms with Gasteiger partial charge in [0.05, 0.1) is 11.3 Å². The Kier molecular flexibility index (Phi) is 3.63. The van der Waals surface area contributed by atoms with E-state index >= 15 is 0 Å². The molecule has 100 valence electrons. The van der Waals surface area contributed by atoms with Gasteiger partial charge in [0.15, 0.2) is 5.13 Å². The van der Waals surface area contributed by atoms with E-state index in [1.807, 2.05) is 16.8 Å². The van der Waals surface area contributed by atoms with Crippen LogP contribution in [0.2, 0.25) is 0 Å². The maximum absolute atomic E-state index is 12.0. The number of amides is 1. The van der Waals surface area contributed by atoms with Crippen molar-refractivity contribution in [2.75, 3.05) is 18.4 Å². The number of hydrogen-bond donors (Lipinski definition) is 1. The molecule has 2 aromatic heterocycles. The molecule has 3 rings (SSSR count). The van der Waals surface area contributed by atoms with E-state index in [0.29, 0.717) is 5.56 Å². The smallest absolute Gasteiger partial charge is 0.258 e. The summed E-state index contributed by atoms with van der Waals surface area (Å²) < 4.78 is 0. The van der Waals surface area contributed by atoms with Crippen LogP contribution in [-0.4, -0.2) is 28.9 Å².